The molecule has 1 aromatic carbocycles. The molecule has 8 heteroatoms. The van der Waals surface area contributed by atoms with Gasteiger partial charge in [-0.2, -0.15) is 0 Å². The van der Waals surface area contributed by atoms with Gasteiger partial charge in [-0.3, -0.25) is 9.59 Å². The maximum absolute atomic E-state index is 12.7. The normalized spacial score (nSPS) is 22.0. The number of methoxy groups -OCH3 is 1. The monoisotopic (exact) mass is 420 g/mol. The van der Waals surface area contributed by atoms with Crippen LogP contribution < -0.4 is 10.6 Å². The van der Waals surface area contributed by atoms with E-state index in [0.717, 1.165) is 12.1 Å². The Morgan fingerprint density at radius 3 is 2.57 bits per heavy atom. The number of hydrogen-bond acceptors (Lipinski definition) is 7. The van der Waals surface area contributed by atoms with Gasteiger partial charge in [-0.05, 0) is 38.4 Å². The van der Waals surface area contributed by atoms with Gasteiger partial charge in [-0.15, -0.1) is 0 Å². The number of carbonyl (C=O) groups is 3. The van der Waals surface area contributed by atoms with Gasteiger partial charge in [0.25, 0.3) is 0 Å². The van der Waals surface area contributed by atoms with Crippen LogP contribution >= 0.6 is 0 Å². The second-order valence-corrected chi connectivity index (χ2v) is 7.58. The standard InChI is InChI=1S/C22H32N2O6/c1-23-12-6-9-20(26)30-16-10-11-17(19(25)14-16)21(27)24-18(22(28)29-2)13-15-7-4-3-5-8-15/h3-5,7-8,16-19,23,25H,6,9-14H2,1-2H3,(H,24,27)/t16?,17?,18-,19?/m0/s1. The van der Waals surface area contributed by atoms with Crippen LogP contribution in [0, 0.1) is 5.92 Å². The van der Waals surface area contributed by atoms with Gasteiger partial charge in [0.05, 0.1) is 19.1 Å². The van der Waals surface area contributed by atoms with E-state index in [9.17, 15) is 19.5 Å². The number of hydrogen-bond donors (Lipinski definition) is 3. The molecule has 8 nitrogen and oxygen atoms in total. The minimum atomic E-state index is -0.941. The summed E-state index contributed by atoms with van der Waals surface area (Å²) in [6, 6.07) is 8.49. The maximum Gasteiger partial charge on any atom is 0.328 e. The highest BCUT2D eigenvalue weighted by molar-refractivity contribution is 5.86. The van der Waals surface area contributed by atoms with Crippen LogP contribution in [0.2, 0.25) is 0 Å². The molecule has 1 saturated carbocycles. The van der Waals surface area contributed by atoms with Gasteiger partial charge >= 0.3 is 11.9 Å². The van der Waals surface area contributed by atoms with Crippen LogP contribution in [0.3, 0.4) is 0 Å². The number of aliphatic hydroxyl groups excluding tert-OH is 1. The minimum Gasteiger partial charge on any atom is -0.467 e. The molecule has 0 aromatic heterocycles. The number of carbonyl (C=O) groups excluding carboxylic acids is 3. The second-order valence-electron chi connectivity index (χ2n) is 7.58. The summed E-state index contributed by atoms with van der Waals surface area (Å²) < 4.78 is 10.2. The van der Waals surface area contributed by atoms with Crippen molar-refractivity contribution < 1.29 is 29.0 Å². The van der Waals surface area contributed by atoms with E-state index in [1.807, 2.05) is 37.4 Å². The minimum absolute atomic E-state index is 0.206. The van der Waals surface area contributed by atoms with Gasteiger partial charge in [0.15, 0.2) is 0 Å². The summed E-state index contributed by atoms with van der Waals surface area (Å²) in [7, 11) is 3.09. The number of rotatable bonds is 10. The van der Waals surface area contributed by atoms with E-state index >= 15 is 0 Å². The molecule has 1 aromatic rings. The average Bonchev–Trinajstić information content (AvgIpc) is 2.73. The smallest absolute Gasteiger partial charge is 0.328 e. The van der Waals surface area contributed by atoms with Crippen molar-refractivity contribution in [3.8, 4) is 0 Å². The first-order valence-electron chi connectivity index (χ1n) is 10.4. The Kier molecular flexibility index (Phi) is 9.76. The van der Waals surface area contributed by atoms with Crippen molar-refractivity contribution in [1.82, 2.24) is 10.6 Å². The van der Waals surface area contributed by atoms with E-state index in [-0.39, 0.29) is 12.4 Å². The third-order valence-electron chi connectivity index (χ3n) is 5.30. The Hall–Kier alpha value is -2.45. The lowest BCUT2D eigenvalue weighted by molar-refractivity contribution is -0.155. The molecule has 0 saturated heterocycles. The molecule has 0 bridgehead atoms. The Morgan fingerprint density at radius 1 is 1.20 bits per heavy atom. The van der Waals surface area contributed by atoms with Gasteiger partial charge < -0.3 is 25.2 Å². The summed E-state index contributed by atoms with van der Waals surface area (Å²) >= 11 is 0. The lowest BCUT2D eigenvalue weighted by atomic mass is 9.84. The number of benzene rings is 1. The third-order valence-corrected chi connectivity index (χ3v) is 5.30. The van der Waals surface area contributed by atoms with Crippen molar-refractivity contribution in [2.45, 2.75) is 56.8 Å². The molecular weight excluding hydrogens is 388 g/mol. The number of aliphatic hydroxyl groups is 1. The van der Waals surface area contributed by atoms with Crippen LogP contribution in [-0.2, 0) is 30.3 Å². The number of amides is 1. The summed E-state index contributed by atoms with van der Waals surface area (Å²) in [5.74, 6) is -1.88. The lowest BCUT2D eigenvalue weighted by Gasteiger charge is -2.32. The molecule has 0 heterocycles. The summed E-state index contributed by atoms with van der Waals surface area (Å²) in [5, 5.41) is 16.1. The van der Waals surface area contributed by atoms with Crippen molar-refractivity contribution in [3.05, 3.63) is 35.9 Å². The van der Waals surface area contributed by atoms with Crippen LogP contribution in [0.15, 0.2) is 30.3 Å². The van der Waals surface area contributed by atoms with E-state index in [1.54, 1.807) is 0 Å². The molecule has 0 spiro atoms. The molecule has 2 rings (SSSR count). The zero-order valence-corrected chi connectivity index (χ0v) is 17.6. The molecular formula is C22H32N2O6. The van der Waals surface area contributed by atoms with Gasteiger partial charge in [-0.25, -0.2) is 4.79 Å². The molecule has 166 valence electrons. The zero-order valence-electron chi connectivity index (χ0n) is 17.6. The average molecular weight is 421 g/mol. The topological polar surface area (TPSA) is 114 Å². The van der Waals surface area contributed by atoms with Crippen molar-refractivity contribution in [3.63, 3.8) is 0 Å². The van der Waals surface area contributed by atoms with E-state index < -0.39 is 36.0 Å². The third kappa shape index (κ3) is 7.42. The molecule has 1 aliphatic carbocycles. The van der Waals surface area contributed by atoms with Crippen molar-refractivity contribution >= 4 is 17.8 Å². The van der Waals surface area contributed by atoms with E-state index in [0.29, 0.717) is 32.1 Å². The Balaban J connectivity index is 1.88. The Bertz CT molecular complexity index is 696. The summed E-state index contributed by atoms with van der Waals surface area (Å²) in [6.45, 7) is 0.731. The van der Waals surface area contributed by atoms with Crippen molar-refractivity contribution in [2.24, 2.45) is 5.92 Å². The van der Waals surface area contributed by atoms with Gasteiger partial charge in [0.2, 0.25) is 5.91 Å². The number of esters is 2. The van der Waals surface area contributed by atoms with Gasteiger partial charge in [-0.1, -0.05) is 30.3 Å². The first kappa shape index (κ1) is 23.8. The van der Waals surface area contributed by atoms with Crippen LogP contribution in [0.1, 0.15) is 37.7 Å². The predicted octanol–water partition coefficient (Wildman–Crippen LogP) is 0.959. The number of nitrogens with one attached hydrogen (secondary N) is 2. The molecule has 0 radical (unpaired) electrons. The molecule has 1 aliphatic rings. The summed E-state index contributed by atoms with van der Waals surface area (Å²) in [6.07, 6.45) is 1.04. The molecule has 4 atom stereocenters. The highest BCUT2D eigenvalue weighted by Gasteiger charge is 2.37. The maximum atomic E-state index is 12.7. The first-order valence-corrected chi connectivity index (χ1v) is 10.4. The van der Waals surface area contributed by atoms with Crippen LogP contribution in [-0.4, -0.2) is 61.9 Å². The van der Waals surface area contributed by atoms with E-state index in [2.05, 4.69) is 10.6 Å². The van der Waals surface area contributed by atoms with E-state index in [4.69, 9.17) is 9.47 Å². The molecule has 3 N–H and O–H groups in total. The molecule has 0 aliphatic heterocycles. The van der Waals surface area contributed by atoms with Gasteiger partial charge in [0, 0.05) is 19.3 Å². The Morgan fingerprint density at radius 2 is 1.93 bits per heavy atom. The SMILES string of the molecule is CNCCCC(=O)OC1CCC(C(=O)N[C@@H](Cc2ccccc2)C(=O)OC)C(O)C1. The molecule has 1 fully saturated rings. The highest BCUT2D eigenvalue weighted by Crippen LogP contribution is 2.27. The fourth-order valence-corrected chi connectivity index (χ4v) is 3.64. The lowest BCUT2D eigenvalue weighted by Crippen LogP contribution is -2.49. The molecule has 30 heavy (non-hydrogen) atoms. The van der Waals surface area contributed by atoms with Crippen LogP contribution in [0.4, 0.5) is 0 Å². The Labute approximate surface area is 177 Å². The first-order chi connectivity index (χ1) is 14.4. The van der Waals surface area contributed by atoms with Crippen LogP contribution in [0.25, 0.3) is 0 Å². The fraction of sp³-hybridized carbons (Fsp3) is 0.591. The van der Waals surface area contributed by atoms with Gasteiger partial charge in [0.1, 0.15) is 12.1 Å². The largest absolute Gasteiger partial charge is 0.467 e. The van der Waals surface area contributed by atoms with E-state index in [1.165, 1.54) is 7.11 Å². The summed E-state index contributed by atoms with van der Waals surface area (Å²) in [5.41, 5.74) is 0.891. The van der Waals surface area contributed by atoms with Crippen molar-refractivity contribution in [1.29, 1.82) is 0 Å². The highest BCUT2D eigenvalue weighted by atomic mass is 16.5. The predicted molar refractivity (Wildman–Crippen MR) is 110 cm³/mol. The van der Waals surface area contributed by atoms with Crippen molar-refractivity contribution in [2.75, 3.05) is 20.7 Å². The number of ether oxygens (including phenoxy) is 2. The molecule has 3 unspecified atom stereocenters. The zero-order chi connectivity index (χ0) is 21.9. The molecule has 1 amide bonds. The quantitative estimate of drug-likeness (QED) is 0.382. The fourth-order valence-electron chi connectivity index (χ4n) is 3.64. The summed E-state index contributed by atoms with van der Waals surface area (Å²) in [4.78, 5) is 36.7. The second kappa shape index (κ2) is 12.3. The van der Waals surface area contributed by atoms with Crippen LogP contribution in [0.5, 0.6) is 0 Å².